The molecule has 0 bridgehead atoms. The molecular weight excluding hydrogens is 260 g/mol. The predicted octanol–water partition coefficient (Wildman–Crippen LogP) is 0.191. The zero-order valence-electron chi connectivity index (χ0n) is 10.6. The van der Waals surface area contributed by atoms with Crippen molar-refractivity contribution in [1.29, 1.82) is 0 Å². The lowest BCUT2D eigenvalue weighted by Gasteiger charge is -1.97. The average Bonchev–Trinajstić information content (AvgIpc) is 2.25. The summed E-state index contributed by atoms with van der Waals surface area (Å²) in [6, 6.07) is 0. The molecule has 0 saturated heterocycles. The van der Waals surface area contributed by atoms with Crippen LogP contribution in [0.5, 0.6) is 0 Å². The summed E-state index contributed by atoms with van der Waals surface area (Å²) in [5.41, 5.74) is 0. The van der Waals surface area contributed by atoms with Gasteiger partial charge in [-0.05, 0) is 5.92 Å². The molecule has 0 aromatic heterocycles. The lowest BCUT2D eigenvalue weighted by Crippen LogP contribution is -2.14. The van der Waals surface area contributed by atoms with Gasteiger partial charge in [0.15, 0.2) is 0 Å². The summed E-state index contributed by atoms with van der Waals surface area (Å²) in [5, 5.41) is 24.0. The van der Waals surface area contributed by atoms with Gasteiger partial charge in [0.05, 0.1) is 6.42 Å². The molecule has 0 aliphatic heterocycles. The minimum atomic E-state index is -1.58. The van der Waals surface area contributed by atoms with Crippen molar-refractivity contribution in [3.05, 3.63) is 0 Å². The van der Waals surface area contributed by atoms with Gasteiger partial charge in [0.25, 0.3) is 0 Å². The van der Waals surface area contributed by atoms with Gasteiger partial charge in [-0.3, -0.25) is 14.4 Å². The molecule has 0 aliphatic carbocycles. The summed E-state index contributed by atoms with van der Waals surface area (Å²) < 4.78 is 0. The number of hydrogen-bond donors (Lipinski definition) is 3. The number of carbonyl (C=O) groups is 5. The maximum atomic E-state index is 10.4. The molecule has 0 heterocycles. The van der Waals surface area contributed by atoms with Crippen LogP contribution in [0.2, 0.25) is 0 Å². The van der Waals surface area contributed by atoms with Crippen LogP contribution >= 0.6 is 0 Å². The lowest BCUT2D eigenvalue weighted by molar-refractivity contribution is -0.149. The van der Waals surface area contributed by atoms with E-state index in [2.05, 4.69) is 0 Å². The SMILES string of the molecule is CC(C)CC(=O)C(=O)O.O=C(O)CCC(=O)C(=O)O. The first-order chi connectivity index (χ1) is 8.57. The van der Waals surface area contributed by atoms with Crippen LogP contribution < -0.4 is 0 Å². The first-order valence-corrected chi connectivity index (χ1v) is 5.32. The molecule has 3 N–H and O–H groups in total. The quantitative estimate of drug-likeness (QED) is 0.558. The Morgan fingerprint density at radius 3 is 1.42 bits per heavy atom. The standard InChI is InChI=1S/C6H10O3.C5H6O5/c1-4(2)3-5(7)6(8)9;6-3(5(9)10)1-2-4(7)8/h4H,3H2,1-2H3,(H,8,9);1-2H2,(H,7,8)(H,9,10). The summed E-state index contributed by atoms with van der Waals surface area (Å²) >= 11 is 0. The molecule has 0 amide bonds. The van der Waals surface area contributed by atoms with E-state index >= 15 is 0 Å². The second kappa shape index (κ2) is 9.75. The van der Waals surface area contributed by atoms with E-state index in [1.165, 1.54) is 0 Å². The molecule has 19 heavy (non-hydrogen) atoms. The Bertz CT molecular complexity index is 369. The Morgan fingerprint density at radius 1 is 0.789 bits per heavy atom. The fraction of sp³-hybridized carbons (Fsp3) is 0.545. The van der Waals surface area contributed by atoms with Gasteiger partial charge in [-0.25, -0.2) is 9.59 Å². The molecule has 0 rings (SSSR count). The van der Waals surface area contributed by atoms with Gasteiger partial charge in [-0.15, -0.1) is 0 Å². The molecule has 0 fully saturated rings. The molecule has 0 atom stereocenters. The fourth-order valence-electron chi connectivity index (χ4n) is 0.785. The molecule has 0 radical (unpaired) electrons. The lowest BCUT2D eigenvalue weighted by atomic mass is 10.1. The highest BCUT2D eigenvalue weighted by Crippen LogP contribution is 1.99. The van der Waals surface area contributed by atoms with Crippen LogP contribution in [0.25, 0.3) is 0 Å². The van der Waals surface area contributed by atoms with E-state index in [0.717, 1.165) is 0 Å². The van der Waals surface area contributed by atoms with Crippen LogP contribution in [0.15, 0.2) is 0 Å². The third-order valence-electron chi connectivity index (χ3n) is 1.64. The predicted molar refractivity (Wildman–Crippen MR) is 61.6 cm³/mol. The highest BCUT2D eigenvalue weighted by molar-refractivity contribution is 6.33. The fourth-order valence-corrected chi connectivity index (χ4v) is 0.785. The van der Waals surface area contributed by atoms with Crippen LogP contribution in [-0.2, 0) is 24.0 Å². The Kier molecular flexibility index (Phi) is 9.80. The number of carboxylic acid groups (broad SMARTS) is 3. The van der Waals surface area contributed by atoms with Crippen molar-refractivity contribution < 1.29 is 39.3 Å². The average molecular weight is 276 g/mol. The molecule has 0 aliphatic rings. The normalized spacial score (nSPS) is 9.21. The zero-order chi connectivity index (χ0) is 15.6. The van der Waals surface area contributed by atoms with Crippen molar-refractivity contribution >= 4 is 29.5 Å². The molecule has 0 saturated carbocycles. The molecule has 8 nitrogen and oxygen atoms in total. The minimum Gasteiger partial charge on any atom is -0.481 e. The van der Waals surface area contributed by atoms with E-state index in [-0.39, 0.29) is 12.3 Å². The van der Waals surface area contributed by atoms with Crippen molar-refractivity contribution in [3.63, 3.8) is 0 Å². The molecule has 0 aromatic carbocycles. The van der Waals surface area contributed by atoms with Gasteiger partial charge in [0, 0.05) is 12.8 Å². The highest BCUT2D eigenvalue weighted by atomic mass is 16.4. The summed E-state index contributed by atoms with van der Waals surface area (Å²) in [6.45, 7) is 3.61. The molecule has 0 aromatic rings. The molecule has 0 unspecified atom stereocenters. The second-order valence-corrected chi connectivity index (χ2v) is 3.95. The Hall–Kier alpha value is -2.25. The maximum Gasteiger partial charge on any atom is 0.372 e. The van der Waals surface area contributed by atoms with E-state index < -0.39 is 42.3 Å². The zero-order valence-corrected chi connectivity index (χ0v) is 10.6. The van der Waals surface area contributed by atoms with Gasteiger partial charge < -0.3 is 15.3 Å². The summed E-state index contributed by atoms with van der Waals surface area (Å²) in [7, 11) is 0. The van der Waals surface area contributed by atoms with Crippen LogP contribution in [-0.4, -0.2) is 44.8 Å². The van der Waals surface area contributed by atoms with Crippen molar-refractivity contribution in [3.8, 4) is 0 Å². The van der Waals surface area contributed by atoms with Gasteiger partial charge in [-0.1, -0.05) is 13.8 Å². The van der Waals surface area contributed by atoms with Crippen molar-refractivity contribution in [1.82, 2.24) is 0 Å². The van der Waals surface area contributed by atoms with Gasteiger partial charge >= 0.3 is 17.9 Å². The first-order valence-electron chi connectivity index (χ1n) is 5.32. The summed E-state index contributed by atoms with van der Waals surface area (Å²) in [6.07, 6.45) is -0.731. The number of rotatable bonds is 7. The monoisotopic (exact) mass is 276 g/mol. The van der Waals surface area contributed by atoms with E-state index in [1.54, 1.807) is 13.8 Å². The Labute approximate surface area is 109 Å². The number of aliphatic carboxylic acids is 3. The third-order valence-corrected chi connectivity index (χ3v) is 1.64. The second-order valence-electron chi connectivity index (χ2n) is 3.95. The van der Waals surface area contributed by atoms with Crippen molar-refractivity contribution in [2.45, 2.75) is 33.1 Å². The number of Topliss-reactive ketones (excluding diaryl/α,β-unsaturated/α-hetero) is 2. The van der Waals surface area contributed by atoms with E-state index in [4.69, 9.17) is 15.3 Å². The minimum absolute atomic E-state index is 0.133. The Morgan fingerprint density at radius 2 is 1.21 bits per heavy atom. The molecule has 108 valence electrons. The molecule has 8 heteroatoms. The largest absolute Gasteiger partial charge is 0.481 e. The van der Waals surface area contributed by atoms with Crippen molar-refractivity contribution in [2.75, 3.05) is 0 Å². The smallest absolute Gasteiger partial charge is 0.372 e. The van der Waals surface area contributed by atoms with Crippen LogP contribution in [0.4, 0.5) is 0 Å². The van der Waals surface area contributed by atoms with Crippen molar-refractivity contribution in [2.24, 2.45) is 5.92 Å². The van der Waals surface area contributed by atoms with E-state index in [9.17, 15) is 24.0 Å². The van der Waals surface area contributed by atoms with Crippen LogP contribution in [0, 0.1) is 5.92 Å². The Balaban J connectivity index is 0. The summed E-state index contributed by atoms with van der Waals surface area (Å²) in [5.74, 6) is -5.72. The molecule has 0 spiro atoms. The van der Waals surface area contributed by atoms with E-state index in [1.807, 2.05) is 0 Å². The maximum absolute atomic E-state index is 10.4. The number of hydrogen-bond acceptors (Lipinski definition) is 5. The highest BCUT2D eigenvalue weighted by Gasteiger charge is 2.12. The number of ketones is 2. The topological polar surface area (TPSA) is 146 Å². The molecular formula is C11H16O8. The number of carboxylic acids is 3. The summed E-state index contributed by atoms with van der Waals surface area (Å²) in [4.78, 5) is 50.0. The van der Waals surface area contributed by atoms with Gasteiger partial charge in [0.2, 0.25) is 11.6 Å². The van der Waals surface area contributed by atoms with E-state index in [0.29, 0.717) is 0 Å². The van der Waals surface area contributed by atoms with Crippen LogP contribution in [0.1, 0.15) is 33.1 Å². The van der Waals surface area contributed by atoms with Crippen LogP contribution in [0.3, 0.4) is 0 Å². The third kappa shape index (κ3) is 13.7. The van der Waals surface area contributed by atoms with Gasteiger partial charge in [-0.2, -0.15) is 0 Å². The van der Waals surface area contributed by atoms with Gasteiger partial charge in [0.1, 0.15) is 0 Å². The first kappa shape index (κ1) is 19.1. The number of carbonyl (C=O) groups excluding carboxylic acids is 2.